The van der Waals surface area contributed by atoms with Crippen molar-refractivity contribution in [3.8, 4) is 0 Å². The minimum absolute atomic E-state index is 0.520. The normalized spacial score (nSPS) is 12.0. The van der Waals surface area contributed by atoms with Crippen molar-refractivity contribution in [2.75, 3.05) is 7.11 Å². The maximum atomic E-state index is 10.4. The van der Waals surface area contributed by atoms with E-state index in [1.54, 1.807) is 18.4 Å². The summed E-state index contributed by atoms with van der Waals surface area (Å²) >= 11 is 1.68. The number of benzene rings is 1. The van der Waals surface area contributed by atoms with Crippen LogP contribution in [0.4, 0.5) is 5.69 Å². The highest BCUT2D eigenvalue weighted by atomic mass is 32.1. The topological polar surface area (TPSA) is 38.7 Å². The van der Waals surface area contributed by atoms with Crippen LogP contribution >= 0.6 is 11.3 Å². The highest BCUT2D eigenvalue weighted by Gasteiger charge is 1.99. The van der Waals surface area contributed by atoms with Gasteiger partial charge in [-0.2, -0.15) is 0 Å². The Morgan fingerprint density at radius 3 is 2.64 bits per heavy atom. The van der Waals surface area contributed by atoms with Gasteiger partial charge in [0.05, 0.1) is 18.5 Å². The molecule has 0 saturated heterocycles. The van der Waals surface area contributed by atoms with Crippen molar-refractivity contribution in [2.45, 2.75) is 12.8 Å². The SMILES string of the molecule is C=C(OC)c1ccc(N=C(C=CCCC=O)/C=C/c2cccs2)cc1. The first-order valence-corrected chi connectivity index (χ1v) is 8.84. The summed E-state index contributed by atoms with van der Waals surface area (Å²) in [5.41, 5.74) is 2.61. The molecule has 0 spiro atoms. The lowest BCUT2D eigenvalue weighted by molar-refractivity contribution is -0.107. The molecule has 1 aromatic heterocycles. The van der Waals surface area contributed by atoms with Crippen molar-refractivity contribution in [3.05, 3.63) is 77.0 Å². The average molecular weight is 351 g/mol. The number of hydrogen-bond acceptors (Lipinski definition) is 4. The molecule has 0 radical (unpaired) electrons. The molecule has 25 heavy (non-hydrogen) atoms. The minimum Gasteiger partial charge on any atom is -0.497 e. The van der Waals surface area contributed by atoms with E-state index < -0.39 is 0 Å². The molecule has 0 atom stereocenters. The van der Waals surface area contributed by atoms with E-state index in [4.69, 9.17) is 4.74 Å². The van der Waals surface area contributed by atoms with Crippen molar-refractivity contribution in [1.29, 1.82) is 0 Å². The van der Waals surface area contributed by atoms with Crippen LogP contribution in [0.1, 0.15) is 23.3 Å². The Balaban J connectivity index is 2.20. The van der Waals surface area contributed by atoms with Crippen LogP contribution in [0.5, 0.6) is 0 Å². The van der Waals surface area contributed by atoms with Gasteiger partial charge in [0.15, 0.2) is 0 Å². The number of thiophene rings is 1. The number of aliphatic imine (C=N–C) groups is 1. The van der Waals surface area contributed by atoms with Gasteiger partial charge in [0, 0.05) is 16.9 Å². The van der Waals surface area contributed by atoms with Crippen molar-refractivity contribution in [2.24, 2.45) is 4.99 Å². The minimum atomic E-state index is 0.520. The molecule has 4 heteroatoms. The first-order valence-electron chi connectivity index (χ1n) is 7.96. The Labute approximate surface area is 152 Å². The second kappa shape index (κ2) is 10.2. The number of allylic oxidation sites excluding steroid dienone is 3. The first kappa shape index (κ1) is 18.6. The van der Waals surface area contributed by atoms with Crippen LogP contribution in [0.3, 0.4) is 0 Å². The lowest BCUT2D eigenvalue weighted by Gasteiger charge is -2.04. The summed E-state index contributed by atoms with van der Waals surface area (Å²) in [6.45, 7) is 3.84. The van der Waals surface area contributed by atoms with E-state index in [2.05, 4.69) is 17.6 Å². The molecule has 0 bridgehead atoms. The third-order valence-corrected chi connectivity index (χ3v) is 4.23. The lowest BCUT2D eigenvalue weighted by atomic mass is 10.2. The molecule has 0 aliphatic heterocycles. The molecule has 0 aliphatic carbocycles. The monoisotopic (exact) mass is 351 g/mol. The maximum Gasteiger partial charge on any atom is 0.120 e. The highest BCUT2D eigenvalue weighted by molar-refractivity contribution is 7.10. The number of aldehydes is 1. The third kappa shape index (κ3) is 6.36. The Kier molecular flexibility index (Phi) is 7.60. The zero-order chi connectivity index (χ0) is 17.9. The summed E-state index contributed by atoms with van der Waals surface area (Å²) in [5.74, 6) is 0.627. The summed E-state index contributed by atoms with van der Waals surface area (Å²) in [4.78, 5) is 16.3. The molecule has 1 heterocycles. The third-order valence-electron chi connectivity index (χ3n) is 3.40. The second-order valence-electron chi connectivity index (χ2n) is 5.21. The van der Waals surface area contributed by atoms with Crippen molar-refractivity contribution < 1.29 is 9.53 Å². The number of hydrogen-bond donors (Lipinski definition) is 0. The van der Waals surface area contributed by atoms with Gasteiger partial charge in [-0.1, -0.05) is 18.7 Å². The summed E-state index contributed by atoms with van der Waals surface area (Å²) < 4.78 is 5.13. The molecule has 3 nitrogen and oxygen atoms in total. The largest absolute Gasteiger partial charge is 0.497 e. The maximum absolute atomic E-state index is 10.4. The smallest absolute Gasteiger partial charge is 0.120 e. The molecule has 128 valence electrons. The number of methoxy groups -OCH3 is 1. The van der Waals surface area contributed by atoms with Crippen LogP contribution in [0.25, 0.3) is 11.8 Å². The van der Waals surface area contributed by atoms with Gasteiger partial charge in [-0.25, -0.2) is 4.99 Å². The van der Waals surface area contributed by atoms with E-state index in [0.717, 1.165) is 23.2 Å². The Hall–Kier alpha value is -2.72. The van der Waals surface area contributed by atoms with Gasteiger partial charge in [-0.15, -0.1) is 11.3 Å². The average Bonchev–Trinajstić information content (AvgIpc) is 3.16. The zero-order valence-corrected chi connectivity index (χ0v) is 15.0. The van der Waals surface area contributed by atoms with Crippen LogP contribution in [-0.4, -0.2) is 19.1 Å². The van der Waals surface area contributed by atoms with Gasteiger partial charge in [-0.05, 0) is 60.4 Å². The fourth-order valence-corrected chi connectivity index (χ4v) is 2.66. The standard InChI is InChI=1S/C21H21NO2S/c1-17(24-2)18-9-11-20(12-10-18)22-19(7-4-3-5-15-23)13-14-21-8-6-16-25-21/h4,6-16H,1,3,5H2,2H3/b7-4?,14-13+,22-19?. The van der Waals surface area contributed by atoms with Gasteiger partial charge in [-0.3, -0.25) is 0 Å². The quantitative estimate of drug-likeness (QED) is 0.252. The number of nitrogens with zero attached hydrogens (tertiary/aromatic N) is 1. The van der Waals surface area contributed by atoms with E-state index in [9.17, 15) is 4.79 Å². The molecule has 2 aromatic rings. The molecule has 0 saturated carbocycles. The Morgan fingerprint density at radius 2 is 2.00 bits per heavy atom. The van der Waals surface area contributed by atoms with Gasteiger partial charge >= 0.3 is 0 Å². The van der Waals surface area contributed by atoms with Crippen molar-refractivity contribution in [3.63, 3.8) is 0 Å². The predicted molar refractivity (Wildman–Crippen MR) is 107 cm³/mol. The van der Waals surface area contributed by atoms with Crippen molar-refractivity contribution in [1.82, 2.24) is 0 Å². The van der Waals surface area contributed by atoms with E-state index >= 15 is 0 Å². The Bertz CT molecular complexity index is 769. The molecule has 1 aromatic carbocycles. The summed E-state index contributed by atoms with van der Waals surface area (Å²) in [7, 11) is 1.60. The van der Waals surface area contributed by atoms with Crippen LogP contribution in [0.2, 0.25) is 0 Å². The fourth-order valence-electron chi connectivity index (χ4n) is 2.04. The number of carbonyl (C=O) groups excluding carboxylic acids is 1. The van der Waals surface area contributed by atoms with Crippen molar-refractivity contribution >= 4 is 40.9 Å². The number of rotatable bonds is 9. The predicted octanol–water partition coefficient (Wildman–Crippen LogP) is 5.69. The molecule has 0 amide bonds. The molecular formula is C21H21NO2S. The molecular weight excluding hydrogens is 330 g/mol. The molecule has 0 aliphatic rings. The van der Waals surface area contributed by atoms with Gasteiger partial charge in [0.25, 0.3) is 0 Å². The van der Waals surface area contributed by atoms with Crippen LogP contribution in [-0.2, 0) is 9.53 Å². The van der Waals surface area contributed by atoms with Crippen LogP contribution in [0, 0.1) is 0 Å². The summed E-state index contributed by atoms with van der Waals surface area (Å²) in [6.07, 6.45) is 10.1. The molecule has 0 unspecified atom stereocenters. The lowest BCUT2D eigenvalue weighted by Crippen LogP contribution is -1.88. The van der Waals surface area contributed by atoms with Gasteiger partial charge in [0.1, 0.15) is 12.0 Å². The number of unbranched alkanes of at least 4 members (excludes halogenated alkanes) is 1. The molecule has 0 N–H and O–H groups in total. The second-order valence-corrected chi connectivity index (χ2v) is 6.19. The van der Waals surface area contributed by atoms with Crippen LogP contribution in [0.15, 0.2) is 71.6 Å². The number of ether oxygens (including phenoxy) is 1. The highest BCUT2D eigenvalue weighted by Crippen LogP contribution is 2.19. The van der Waals surface area contributed by atoms with Gasteiger partial charge < -0.3 is 9.53 Å². The first-order chi connectivity index (χ1) is 12.2. The fraction of sp³-hybridized carbons (Fsp3) is 0.143. The summed E-state index contributed by atoms with van der Waals surface area (Å²) in [6, 6.07) is 11.8. The zero-order valence-electron chi connectivity index (χ0n) is 14.2. The van der Waals surface area contributed by atoms with Crippen LogP contribution < -0.4 is 0 Å². The number of carbonyl (C=O) groups is 1. The summed E-state index contributed by atoms with van der Waals surface area (Å²) in [5, 5.41) is 2.04. The van der Waals surface area contributed by atoms with E-state index in [0.29, 0.717) is 18.6 Å². The molecule has 0 fully saturated rings. The Morgan fingerprint density at radius 1 is 1.20 bits per heavy atom. The van der Waals surface area contributed by atoms with Gasteiger partial charge in [0.2, 0.25) is 0 Å². The van der Waals surface area contributed by atoms with E-state index in [1.165, 1.54) is 4.88 Å². The van der Waals surface area contributed by atoms with E-state index in [-0.39, 0.29) is 0 Å². The van der Waals surface area contributed by atoms with E-state index in [1.807, 2.05) is 60.0 Å². The molecule has 2 rings (SSSR count).